The minimum atomic E-state index is -0.511. The number of rotatable bonds is 4. The molecule has 1 aromatic carbocycles. The van der Waals surface area contributed by atoms with Gasteiger partial charge in [0.15, 0.2) is 11.5 Å². The Morgan fingerprint density at radius 3 is 2.50 bits per heavy atom. The number of hydrogen-bond acceptors (Lipinski definition) is 5. The van der Waals surface area contributed by atoms with Crippen molar-refractivity contribution in [3.05, 3.63) is 12.1 Å². The lowest BCUT2D eigenvalue weighted by atomic mass is 10.1. The van der Waals surface area contributed by atoms with E-state index in [-0.39, 0.29) is 31.2 Å². The van der Waals surface area contributed by atoms with Gasteiger partial charge in [-0.05, 0) is 19.8 Å². The van der Waals surface area contributed by atoms with Crippen molar-refractivity contribution in [1.82, 2.24) is 0 Å². The van der Waals surface area contributed by atoms with Gasteiger partial charge in [0.25, 0.3) is 5.91 Å². The molecule has 0 saturated heterocycles. The molecule has 1 atom stereocenters. The molecule has 134 valence electrons. The Morgan fingerprint density at radius 2 is 1.83 bits per heavy atom. The first-order valence-electron chi connectivity index (χ1n) is 8.29. The number of fused-ring (bicyclic) bond motifs is 1. The molecule has 6 nitrogen and oxygen atoms in total. The molecule has 0 aromatic heterocycles. The van der Waals surface area contributed by atoms with Gasteiger partial charge >= 0.3 is 0 Å². The molecule has 1 aromatic rings. The Kier molecular flexibility index (Phi) is 6.57. The summed E-state index contributed by atoms with van der Waals surface area (Å²) in [7, 11) is 0. The van der Waals surface area contributed by atoms with Crippen molar-refractivity contribution < 1.29 is 19.0 Å². The average Bonchev–Trinajstić information content (AvgIpc) is 2.81. The van der Waals surface area contributed by atoms with Crippen LogP contribution in [0.1, 0.15) is 45.4 Å². The Balaban J connectivity index is 0.00000208. The summed E-state index contributed by atoms with van der Waals surface area (Å²) in [6, 6.07) is 3.35. The molecule has 0 bridgehead atoms. The topological polar surface area (TPSA) is 82.8 Å². The van der Waals surface area contributed by atoms with Crippen molar-refractivity contribution in [3.63, 3.8) is 0 Å². The van der Waals surface area contributed by atoms with E-state index in [0.717, 1.165) is 12.8 Å². The minimum absolute atomic E-state index is 0. The molecule has 1 aliphatic heterocycles. The zero-order valence-corrected chi connectivity index (χ0v) is 14.7. The summed E-state index contributed by atoms with van der Waals surface area (Å²) >= 11 is 0. The summed E-state index contributed by atoms with van der Waals surface area (Å²) in [6.45, 7) is 1.96. The van der Waals surface area contributed by atoms with Gasteiger partial charge in [0.1, 0.15) is 6.10 Å². The molecule has 2 aliphatic rings. The highest BCUT2D eigenvalue weighted by Gasteiger charge is 2.22. The third-order valence-corrected chi connectivity index (χ3v) is 4.37. The number of halogens is 1. The van der Waals surface area contributed by atoms with Crippen molar-refractivity contribution >= 4 is 29.7 Å². The minimum Gasteiger partial charge on any atom is -0.454 e. The van der Waals surface area contributed by atoms with Gasteiger partial charge in [0, 0.05) is 12.1 Å². The largest absolute Gasteiger partial charge is 0.454 e. The first-order chi connectivity index (χ1) is 11.1. The van der Waals surface area contributed by atoms with E-state index in [1.165, 1.54) is 25.7 Å². The Morgan fingerprint density at radius 1 is 1.21 bits per heavy atom. The highest BCUT2D eigenvalue weighted by molar-refractivity contribution is 5.97. The van der Waals surface area contributed by atoms with Crippen LogP contribution >= 0.6 is 12.4 Å². The summed E-state index contributed by atoms with van der Waals surface area (Å²) in [5, 5.41) is 2.82. The molecule has 1 fully saturated rings. The molecule has 7 heteroatoms. The van der Waals surface area contributed by atoms with E-state index in [4.69, 9.17) is 19.9 Å². The average molecular weight is 357 g/mol. The van der Waals surface area contributed by atoms with Gasteiger partial charge in [-0.3, -0.25) is 4.79 Å². The van der Waals surface area contributed by atoms with Crippen LogP contribution in [0.3, 0.4) is 0 Å². The molecule has 3 rings (SSSR count). The van der Waals surface area contributed by atoms with Crippen LogP contribution in [0.5, 0.6) is 11.5 Å². The molecule has 1 amide bonds. The zero-order chi connectivity index (χ0) is 16.2. The van der Waals surface area contributed by atoms with Gasteiger partial charge in [0.2, 0.25) is 6.79 Å². The summed E-state index contributed by atoms with van der Waals surface area (Å²) in [4.78, 5) is 12.4. The van der Waals surface area contributed by atoms with E-state index in [0.29, 0.717) is 22.9 Å². The SMILES string of the molecule is CC(OC1CCCCCC1)C(=O)Nc1cc2c(cc1N)OCO2.Cl. The summed E-state index contributed by atoms with van der Waals surface area (Å²) in [5.41, 5.74) is 6.93. The zero-order valence-electron chi connectivity index (χ0n) is 13.9. The van der Waals surface area contributed by atoms with Gasteiger partial charge in [0.05, 0.1) is 17.5 Å². The highest BCUT2D eigenvalue weighted by atomic mass is 35.5. The maximum Gasteiger partial charge on any atom is 0.253 e. The maximum absolute atomic E-state index is 12.4. The second-order valence-electron chi connectivity index (χ2n) is 6.17. The number of nitrogens with one attached hydrogen (secondary N) is 1. The number of anilines is 2. The summed E-state index contributed by atoms with van der Waals surface area (Å²) in [6.07, 6.45) is 6.59. The number of nitrogens with two attached hydrogens (primary N) is 1. The Hall–Kier alpha value is -1.66. The number of ether oxygens (including phenoxy) is 3. The normalized spacial score (nSPS) is 18.4. The fourth-order valence-corrected chi connectivity index (χ4v) is 3.03. The van der Waals surface area contributed by atoms with Gasteiger partial charge in [-0.25, -0.2) is 0 Å². The van der Waals surface area contributed by atoms with Gasteiger partial charge in [-0.1, -0.05) is 25.7 Å². The van der Waals surface area contributed by atoms with Crippen LogP contribution in [0, 0.1) is 0 Å². The van der Waals surface area contributed by atoms with Crippen LogP contribution in [-0.2, 0) is 9.53 Å². The van der Waals surface area contributed by atoms with Gasteiger partial charge in [-0.2, -0.15) is 0 Å². The second kappa shape index (κ2) is 8.44. The molecule has 3 N–H and O–H groups in total. The van der Waals surface area contributed by atoms with Crippen molar-refractivity contribution in [2.75, 3.05) is 17.8 Å². The number of amides is 1. The van der Waals surface area contributed by atoms with Crippen LogP contribution in [-0.4, -0.2) is 24.9 Å². The molecule has 1 aliphatic carbocycles. The predicted molar refractivity (Wildman–Crippen MR) is 94.9 cm³/mol. The number of nitrogen functional groups attached to an aromatic ring is 1. The molecule has 1 heterocycles. The number of hydrogen-bond donors (Lipinski definition) is 2. The second-order valence-corrected chi connectivity index (χ2v) is 6.17. The molecular formula is C17H25ClN2O4. The lowest BCUT2D eigenvalue weighted by molar-refractivity contribution is -0.130. The fourth-order valence-electron chi connectivity index (χ4n) is 3.03. The lowest BCUT2D eigenvalue weighted by Crippen LogP contribution is -2.31. The first-order valence-corrected chi connectivity index (χ1v) is 8.29. The van der Waals surface area contributed by atoms with Crippen molar-refractivity contribution in [2.45, 2.75) is 57.7 Å². The van der Waals surface area contributed by atoms with Crippen LogP contribution in [0.15, 0.2) is 12.1 Å². The van der Waals surface area contributed by atoms with Crippen molar-refractivity contribution in [1.29, 1.82) is 0 Å². The Labute approximate surface area is 148 Å². The van der Waals surface area contributed by atoms with Gasteiger partial charge in [-0.15, -0.1) is 12.4 Å². The quantitative estimate of drug-likeness (QED) is 0.637. The predicted octanol–water partition coefficient (Wildman–Crippen LogP) is 3.49. The number of carbonyl (C=O) groups excluding carboxylic acids is 1. The van der Waals surface area contributed by atoms with E-state index in [9.17, 15) is 4.79 Å². The molecule has 24 heavy (non-hydrogen) atoms. The van der Waals surface area contributed by atoms with Crippen LogP contribution < -0.4 is 20.5 Å². The third kappa shape index (κ3) is 4.45. The lowest BCUT2D eigenvalue weighted by Gasteiger charge is -2.21. The standard InChI is InChI=1S/C17H24N2O4.ClH/c1-11(23-12-6-4-2-3-5-7-12)17(20)19-14-9-16-15(8-13(14)18)21-10-22-16;/h8-9,11-12H,2-7,10,18H2,1H3,(H,19,20);1H. The van der Waals surface area contributed by atoms with Gasteiger partial charge < -0.3 is 25.3 Å². The molecule has 0 spiro atoms. The Bertz CT molecular complexity index is 574. The van der Waals surface area contributed by atoms with E-state index >= 15 is 0 Å². The third-order valence-electron chi connectivity index (χ3n) is 4.37. The van der Waals surface area contributed by atoms with E-state index in [1.807, 2.05) is 0 Å². The monoisotopic (exact) mass is 356 g/mol. The van der Waals surface area contributed by atoms with E-state index < -0.39 is 6.10 Å². The molecule has 0 radical (unpaired) electrons. The van der Waals surface area contributed by atoms with E-state index in [2.05, 4.69) is 5.32 Å². The van der Waals surface area contributed by atoms with Crippen molar-refractivity contribution in [2.24, 2.45) is 0 Å². The maximum atomic E-state index is 12.4. The summed E-state index contributed by atoms with van der Waals surface area (Å²) < 4.78 is 16.5. The fraction of sp³-hybridized carbons (Fsp3) is 0.588. The van der Waals surface area contributed by atoms with Crippen LogP contribution in [0.4, 0.5) is 11.4 Å². The molecular weight excluding hydrogens is 332 g/mol. The molecule has 1 saturated carbocycles. The number of carbonyl (C=O) groups is 1. The molecule has 1 unspecified atom stereocenters. The van der Waals surface area contributed by atoms with Crippen molar-refractivity contribution in [3.8, 4) is 11.5 Å². The number of benzene rings is 1. The first kappa shape index (κ1) is 18.7. The smallest absolute Gasteiger partial charge is 0.253 e. The highest BCUT2D eigenvalue weighted by Crippen LogP contribution is 2.38. The van der Waals surface area contributed by atoms with E-state index in [1.54, 1.807) is 19.1 Å². The van der Waals surface area contributed by atoms with Crippen LogP contribution in [0.25, 0.3) is 0 Å². The summed E-state index contributed by atoms with van der Waals surface area (Å²) in [5.74, 6) is 0.995. The van der Waals surface area contributed by atoms with Crippen LogP contribution in [0.2, 0.25) is 0 Å².